The van der Waals surface area contributed by atoms with Crippen molar-refractivity contribution in [3.05, 3.63) is 53.9 Å². The summed E-state index contributed by atoms with van der Waals surface area (Å²) in [5.74, 6) is 0.110. The van der Waals surface area contributed by atoms with E-state index in [1.807, 2.05) is 41.2 Å². The number of Topliss-reactive ketones (excluding diaryl/α,β-unsaturated/α-hetero) is 1. The van der Waals surface area contributed by atoms with Crippen molar-refractivity contribution in [1.29, 1.82) is 0 Å². The molecule has 0 bridgehead atoms. The minimum Gasteiger partial charge on any atom is -0.324 e. The van der Waals surface area contributed by atoms with Gasteiger partial charge in [0.15, 0.2) is 5.78 Å². The Morgan fingerprint density at radius 3 is 2.80 bits per heavy atom. The van der Waals surface area contributed by atoms with Crippen molar-refractivity contribution in [1.82, 2.24) is 9.78 Å². The van der Waals surface area contributed by atoms with E-state index in [0.29, 0.717) is 18.4 Å². The third-order valence-corrected chi connectivity index (χ3v) is 3.32. The number of hydrogen-bond donors (Lipinski definition) is 1. The second-order valence-electron chi connectivity index (χ2n) is 4.97. The third-order valence-electron chi connectivity index (χ3n) is 3.32. The molecule has 0 aliphatic heterocycles. The van der Waals surface area contributed by atoms with E-state index in [9.17, 15) is 4.79 Å². The molecule has 2 aromatic rings. The van der Waals surface area contributed by atoms with Gasteiger partial charge in [0.25, 0.3) is 0 Å². The number of carbonyl (C=O) groups is 1. The molecule has 1 heterocycles. The fraction of sp³-hybridized carbons (Fsp3) is 0.375. The molecule has 1 aromatic carbocycles. The highest BCUT2D eigenvalue weighted by atomic mass is 16.1. The molecule has 106 valence electrons. The van der Waals surface area contributed by atoms with Gasteiger partial charge in [-0.2, -0.15) is 5.10 Å². The number of hydrogen-bond acceptors (Lipinski definition) is 3. The zero-order valence-corrected chi connectivity index (χ0v) is 11.8. The zero-order chi connectivity index (χ0) is 14.4. The lowest BCUT2D eigenvalue weighted by atomic mass is 10.0. The molecule has 1 unspecified atom stereocenters. The largest absolute Gasteiger partial charge is 0.324 e. The van der Waals surface area contributed by atoms with Crippen LogP contribution >= 0.6 is 0 Å². The highest BCUT2D eigenvalue weighted by Gasteiger charge is 2.12. The van der Waals surface area contributed by atoms with Crippen molar-refractivity contribution < 1.29 is 4.79 Å². The molecule has 1 atom stereocenters. The highest BCUT2D eigenvalue weighted by Crippen LogP contribution is 2.16. The van der Waals surface area contributed by atoms with Gasteiger partial charge in [-0.15, -0.1) is 0 Å². The summed E-state index contributed by atoms with van der Waals surface area (Å²) >= 11 is 0. The number of nitrogens with zero attached hydrogens (tertiary/aromatic N) is 2. The summed E-state index contributed by atoms with van der Waals surface area (Å²) in [6.07, 6.45) is 5.58. The fourth-order valence-corrected chi connectivity index (χ4v) is 2.16. The fourth-order valence-electron chi connectivity index (χ4n) is 2.16. The second-order valence-corrected chi connectivity index (χ2v) is 4.97. The summed E-state index contributed by atoms with van der Waals surface area (Å²) in [5.41, 5.74) is 7.85. The van der Waals surface area contributed by atoms with Crippen LogP contribution in [0.3, 0.4) is 0 Å². The minimum absolute atomic E-state index is 0.0918. The van der Waals surface area contributed by atoms with Crippen LogP contribution in [0.25, 0.3) is 0 Å². The van der Waals surface area contributed by atoms with Crippen LogP contribution in [0.15, 0.2) is 42.7 Å². The van der Waals surface area contributed by atoms with Crippen molar-refractivity contribution in [3.63, 3.8) is 0 Å². The summed E-state index contributed by atoms with van der Waals surface area (Å²) < 4.78 is 1.81. The molecule has 1 aromatic heterocycles. The number of nitrogens with two attached hydrogens (primary N) is 1. The Labute approximate surface area is 119 Å². The van der Waals surface area contributed by atoms with E-state index in [1.165, 1.54) is 0 Å². The van der Waals surface area contributed by atoms with Crippen molar-refractivity contribution in [2.45, 2.75) is 38.8 Å². The molecule has 20 heavy (non-hydrogen) atoms. The van der Waals surface area contributed by atoms with Gasteiger partial charge in [0, 0.05) is 25.2 Å². The van der Waals surface area contributed by atoms with Gasteiger partial charge < -0.3 is 5.73 Å². The van der Waals surface area contributed by atoms with E-state index in [-0.39, 0.29) is 11.8 Å². The average Bonchev–Trinajstić information content (AvgIpc) is 2.94. The minimum atomic E-state index is -0.0918. The van der Waals surface area contributed by atoms with Gasteiger partial charge in [0.2, 0.25) is 0 Å². The van der Waals surface area contributed by atoms with Gasteiger partial charge in [-0.05, 0) is 18.4 Å². The Kier molecular flexibility index (Phi) is 5.07. The van der Waals surface area contributed by atoms with Crippen LogP contribution in [0.1, 0.15) is 48.1 Å². The maximum atomic E-state index is 12.1. The Morgan fingerprint density at radius 2 is 2.10 bits per heavy atom. The lowest BCUT2D eigenvalue weighted by Crippen LogP contribution is -2.12. The molecule has 0 saturated heterocycles. The number of rotatable bonds is 7. The van der Waals surface area contributed by atoms with E-state index in [1.54, 1.807) is 6.20 Å². The Morgan fingerprint density at radius 1 is 1.35 bits per heavy atom. The first-order chi connectivity index (χ1) is 9.70. The smallest absolute Gasteiger partial charge is 0.166 e. The molecule has 2 rings (SSSR count). The molecule has 0 aliphatic rings. The summed E-state index contributed by atoms with van der Waals surface area (Å²) in [6.45, 7) is 2.93. The summed E-state index contributed by atoms with van der Waals surface area (Å²) in [5, 5.41) is 4.18. The van der Waals surface area contributed by atoms with Crippen molar-refractivity contribution in [2.24, 2.45) is 5.73 Å². The van der Waals surface area contributed by atoms with Crippen LogP contribution in [0.4, 0.5) is 0 Å². The topological polar surface area (TPSA) is 60.9 Å². The van der Waals surface area contributed by atoms with Crippen molar-refractivity contribution in [2.75, 3.05) is 0 Å². The SMILES string of the molecule is CCCn1cc(C(=O)CCC(N)c2ccccc2)cn1. The number of benzene rings is 1. The number of ketones is 1. The molecule has 4 heteroatoms. The Balaban J connectivity index is 1.88. The quantitative estimate of drug-likeness (QED) is 0.787. The average molecular weight is 271 g/mol. The van der Waals surface area contributed by atoms with Crippen LogP contribution in [0.5, 0.6) is 0 Å². The van der Waals surface area contributed by atoms with E-state index in [0.717, 1.165) is 18.5 Å². The normalized spacial score (nSPS) is 12.3. The van der Waals surface area contributed by atoms with Crippen molar-refractivity contribution >= 4 is 5.78 Å². The van der Waals surface area contributed by atoms with E-state index in [2.05, 4.69) is 12.0 Å². The number of aromatic nitrogens is 2. The highest BCUT2D eigenvalue weighted by molar-refractivity contribution is 5.95. The molecule has 0 amide bonds. The van der Waals surface area contributed by atoms with Gasteiger partial charge in [-0.25, -0.2) is 0 Å². The van der Waals surface area contributed by atoms with Crippen LogP contribution in [-0.2, 0) is 6.54 Å². The van der Waals surface area contributed by atoms with Gasteiger partial charge in [0.05, 0.1) is 11.8 Å². The molecule has 0 saturated carbocycles. The molecule has 0 fully saturated rings. The Hall–Kier alpha value is -1.94. The molecule has 2 N–H and O–H groups in total. The lowest BCUT2D eigenvalue weighted by molar-refractivity contribution is 0.0977. The van der Waals surface area contributed by atoms with E-state index >= 15 is 0 Å². The molecular weight excluding hydrogens is 250 g/mol. The van der Waals surface area contributed by atoms with E-state index in [4.69, 9.17) is 5.73 Å². The summed E-state index contributed by atoms with van der Waals surface area (Å²) in [4.78, 5) is 12.1. The maximum absolute atomic E-state index is 12.1. The van der Waals surface area contributed by atoms with Crippen molar-refractivity contribution in [3.8, 4) is 0 Å². The van der Waals surface area contributed by atoms with Crippen LogP contribution in [0.2, 0.25) is 0 Å². The number of carbonyl (C=O) groups excluding carboxylic acids is 1. The predicted octanol–water partition coefficient (Wildman–Crippen LogP) is 2.96. The summed E-state index contributed by atoms with van der Waals surface area (Å²) in [7, 11) is 0. The number of aryl methyl sites for hydroxylation is 1. The lowest BCUT2D eigenvalue weighted by Gasteiger charge is -2.10. The zero-order valence-electron chi connectivity index (χ0n) is 11.8. The van der Waals surface area contributed by atoms with Gasteiger partial charge in [-0.3, -0.25) is 9.48 Å². The van der Waals surface area contributed by atoms with Crippen LogP contribution in [-0.4, -0.2) is 15.6 Å². The van der Waals surface area contributed by atoms with Crippen LogP contribution in [0, 0.1) is 0 Å². The molecule has 0 aliphatic carbocycles. The second kappa shape index (κ2) is 7.01. The van der Waals surface area contributed by atoms with Gasteiger partial charge >= 0.3 is 0 Å². The standard InChI is InChI=1S/C16H21N3O/c1-2-10-19-12-14(11-18-19)16(20)9-8-15(17)13-6-4-3-5-7-13/h3-7,11-12,15H,2,8-10,17H2,1H3. The van der Waals surface area contributed by atoms with E-state index < -0.39 is 0 Å². The molecule has 4 nitrogen and oxygen atoms in total. The molecular formula is C16H21N3O. The maximum Gasteiger partial charge on any atom is 0.166 e. The molecule has 0 spiro atoms. The monoisotopic (exact) mass is 271 g/mol. The third kappa shape index (κ3) is 3.78. The van der Waals surface area contributed by atoms with Crippen LogP contribution < -0.4 is 5.73 Å². The van der Waals surface area contributed by atoms with Gasteiger partial charge in [-0.1, -0.05) is 37.3 Å². The Bertz CT molecular complexity index is 548. The summed E-state index contributed by atoms with van der Waals surface area (Å²) in [6, 6.07) is 9.79. The predicted molar refractivity (Wildman–Crippen MR) is 79.5 cm³/mol. The first-order valence-corrected chi connectivity index (χ1v) is 7.07. The molecule has 0 radical (unpaired) electrons. The first-order valence-electron chi connectivity index (χ1n) is 7.07. The first kappa shape index (κ1) is 14.5. The van der Waals surface area contributed by atoms with Gasteiger partial charge in [0.1, 0.15) is 0 Å².